The van der Waals surface area contributed by atoms with E-state index >= 15 is 0 Å². The third kappa shape index (κ3) is 4.16. The lowest BCUT2D eigenvalue weighted by molar-refractivity contribution is 0.0692. The van der Waals surface area contributed by atoms with E-state index in [1.54, 1.807) is 19.2 Å². The van der Waals surface area contributed by atoms with Crippen molar-refractivity contribution in [3.63, 3.8) is 0 Å². The molecule has 4 heteroatoms. The minimum absolute atomic E-state index is 0.201. The van der Waals surface area contributed by atoms with E-state index in [2.05, 4.69) is 43.3 Å². The Kier molecular flexibility index (Phi) is 6.17. The third-order valence-electron chi connectivity index (χ3n) is 5.81. The van der Waals surface area contributed by atoms with Gasteiger partial charge < -0.3 is 14.7 Å². The minimum atomic E-state index is -0.863. The molecule has 2 aromatic rings. The molecule has 0 aromatic heterocycles. The molecule has 1 saturated carbocycles. The Morgan fingerprint density at radius 1 is 1.11 bits per heavy atom. The molecule has 0 radical (unpaired) electrons. The first-order valence-electron chi connectivity index (χ1n) is 9.65. The summed E-state index contributed by atoms with van der Waals surface area (Å²) in [5.74, 6) is 0.424. The van der Waals surface area contributed by atoms with Crippen LogP contribution in [0.3, 0.4) is 0 Å². The van der Waals surface area contributed by atoms with E-state index in [1.165, 1.54) is 12.0 Å². The van der Waals surface area contributed by atoms with Gasteiger partial charge in [0.15, 0.2) is 0 Å². The first kappa shape index (κ1) is 19.4. The van der Waals surface area contributed by atoms with Gasteiger partial charge in [0.1, 0.15) is 5.75 Å². The van der Waals surface area contributed by atoms with E-state index in [4.69, 9.17) is 4.74 Å². The average molecular weight is 367 g/mol. The van der Waals surface area contributed by atoms with Crippen molar-refractivity contribution in [3.05, 3.63) is 65.2 Å². The molecule has 2 aromatic carbocycles. The maximum Gasteiger partial charge on any atom is 0.335 e. The second-order valence-corrected chi connectivity index (χ2v) is 7.63. The van der Waals surface area contributed by atoms with Crippen molar-refractivity contribution in [3.8, 4) is 5.75 Å². The van der Waals surface area contributed by atoms with Crippen molar-refractivity contribution in [2.24, 2.45) is 5.92 Å². The van der Waals surface area contributed by atoms with Crippen LogP contribution < -0.4 is 4.74 Å². The predicted octanol–water partition coefficient (Wildman–Crippen LogP) is 4.97. The molecule has 0 amide bonds. The van der Waals surface area contributed by atoms with Gasteiger partial charge in [-0.1, -0.05) is 43.2 Å². The van der Waals surface area contributed by atoms with Gasteiger partial charge in [-0.25, -0.2) is 4.79 Å². The molecule has 144 valence electrons. The van der Waals surface area contributed by atoms with Gasteiger partial charge in [0.05, 0.1) is 12.7 Å². The van der Waals surface area contributed by atoms with E-state index < -0.39 is 5.97 Å². The van der Waals surface area contributed by atoms with Gasteiger partial charge in [0, 0.05) is 6.04 Å². The fraction of sp³-hybridized carbons (Fsp3) is 0.435. The van der Waals surface area contributed by atoms with Crippen molar-refractivity contribution in [1.29, 1.82) is 0 Å². The van der Waals surface area contributed by atoms with Crippen molar-refractivity contribution in [1.82, 2.24) is 4.90 Å². The number of methoxy groups -OCH3 is 1. The summed E-state index contributed by atoms with van der Waals surface area (Å²) < 4.78 is 5.40. The summed E-state index contributed by atoms with van der Waals surface area (Å²) in [5.41, 5.74) is 2.60. The fourth-order valence-corrected chi connectivity index (χ4v) is 4.67. The SMILES string of the molecule is COc1ccc(C(=O)O)c(C2CCCCC2C(c2ccccc2)N(C)C)c1. The van der Waals surface area contributed by atoms with Crippen molar-refractivity contribution in [2.75, 3.05) is 21.2 Å². The summed E-state index contributed by atoms with van der Waals surface area (Å²) in [6.07, 6.45) is 4.42. The van der Waals surface area contributed by atoms with Crippen LogP contribution >= 0.6 is 0 Å². The average Bonchev–Trinajstić information content (AvgIpc) is 2.68. The third-order valence-corrected chi connectivity index (χ3v) is 5.81. The predicted molar refractivity (Wildman–Crippen MR) is 108 cm³/mol. The summed E-state index contributed by atoms with van der Waals surface area (Å²) in [6, 6.07) is 16.2. The van der Waals surface area contributed by atoms with E-state index in [9.17, 15) is 9.90 Å². The maximum atomic E-state index is 11.9. The highest BCUT2D eigenvalue weighted by molar-refractivity contribution is 5.90. The fourth-order valence-electron chi connectivity index (χ4n) is 4.67. The van der Waals surface area contributed by atoms with Crippen LogP contribution in [0.1, 0.15) is 59.1 Å². The van der Waals surface area contributed by atoms with Crippen LogP contribution in [-0.2, 0) is 0 Å². The molecule has 0 bridgehead atoms. The van der Waals surface area contributed by atoms with Crippen LogP contribution in [0.2, 0.25) is 0 Å². The van der Waals surface area contributed by atoms with Crippen LogP contribution in [0.25, 0.3) is 0 Å². The number of nitrogens with zero attached hydrogens (tertiary/aromatic N) is 1. The van der Waals surface area contributed by atoms with Gasteiger partial charge in [-0.3, -0.25) is 0 Å². The molecule has 27 heavy (non-hydrogen) atoms. The zero-order chi connectivity index (χ0) is 19.4. The first-order chi connectivity index (χ1) is 13.0. The molecule has 1 aliphatic carbocycles. The molecule has 0 saturated heterocycles. The topological polar surface area (TPSA) is 49.8 Å². The van der Waals surface area contributed by atoms with Gasteiger partial charge in [0.2, 0.25) is 0 Å². The second-order valence-electron chi connectivity index (χ2n) is 7.63. The molecular formula is C23H29NO3. The lowest BCUT2D eigenvalue weighted by Crippen LogP contribution is -2.33. The van der Waals surface area contributed by atoms with Gasteiger partial charge in [-0.05, 0) is 68.1 Å². The van der Waals surface area contributed by atoms with Gasteiger partial charge in [0.25, 0.3) is 0 Å². The van der Waals surface area contributed by atoms with E-state index in [1.807, 2.05) is 12.1 Å². The molecular weight excluding hydrogens is 338 g/mol. The van der Waals surface area contributed by atoms with E-state index in [0.717, 1.165) is 30.6 Å². The molecule has 4 nitrogen and oxygen atoms in total. The number of carbonyl (C=O) groups is 1. The molecule has 3 rings (SSSR count). The highest BCUT2D eigenvalue weighted by Crippen LogP contribution is 2.47. The number of hydrogen-bond acceptors (Lipinski definition) is 3. The largest absolute Gasteiger partial charge is 0.497 e. The highest BCUT2D eigenvalue weighted by Gasteiger charge is 2.36. The number of carboxylic acids is 1. The van der Waals surface area contributed by atoms with Crippen LogP contribution in [0.15, 0.2) is 48.5 Å². The Morgan fingerprint density at radius 2 is 1.81 bits per heavy atom. The summed E-state index contributed by atoms with van der Waals surface area (Å²) in [6.45, 7) is 0. The molecule has 1 fully saturated rings. The monoisotopic (exact) mass is 367 g/mol. The van der Waals surface area contributed by atoms with Crippen LogP contribution in [-0.4, -0.2) is 37.2 Å². The Bertz CT molecular complexity index is 772. The minimum Gasteiger partial charge on any atom is -0.497 e. The number of carboxylic acid groups (broad SMARTS) is 1. The zero-order valence-electron chi connectivity index (χ0n) is 16.4. The summed E-state index contributed by atoms with van der Waals surface area (Å²) >= 11 is 0. The summed E-state index contributed by atoms with van der Waals surface area (Å²) in [4.78, 5) is 14.2. The highest BCUT2D eigenvalue weighted by atomic mass is 16.5. The lowest BCUT2D eigenvalue weighted by Gasteiger charge is -2.41. The number of ether oxygens (including phenoxy) is 1. The molecule has 0 spiro atoms. The van der Waals surface area contributed by atoms with Crippen LogP contribution in [0, 0.1) is 5.92 Å². The van der Waals surface area contributed by atoms with E-state index in [-0.39, 0.29) is 12.0 Å². The van der Waals surface area contributed by atoms with Gasteiger partial charge in [-0.2, -0.15) is 0 Å². The zero-order valence-corrected chi connectivity index (χ0v) is 16.4. The smallest absolute Gasteiger partial charge is 0.335 e. The Labute approximate surface area is 161 Å². The van der Waals surface area contributed by atoms with Crippen molar-refractivity contribution < 1.29 is 14.6 Å². The number of rotatable bonds is 6. The molecule has 1 N–H and O–H groups in total. The molecule has 0 heterocycles. The molecule has 3 unspecified atom stereocenters. The van der Waals surface area contributed by atoms with Gasteiger partial charge in [-0.15, -0.1) is 0 Å². The quantitative estimate of drug-likeness (QED) is 0.783. The number of aromatic carboxylic acids is 1. The Hall–Kier alpha value is -2.33. The van der Waals surface area contributed by atoms with Gasteiger partial charge >= 0.3 is 5.97 Å². The van der Waals surface area contributed by atoms with Crippen molar-refractivity contribution in [2.45, 2.75) is 37.6 Å². The second kappa shape index (κ2) is 8.57. The first-order valence-corrected chi connectivity index (χ1v) is 9.65. The Balaban J connectivity index is 2.06. The molecule has 0 aliphatic heterocycles. The molecule has 3 atom stereocenters. The van der Waals surface area contributed by atoms with Crippen molar-refractivity contribution >= 4 is 5.97 Å². The molecule has 1 aliphatic rings. The lowest BCUT2D eigenvalue weighted by atomic mass is 9.69. The summed E-state index contributed by atoms with van der Waals surface area (Å²) in [5, 5.41) is 9.76. The number of benzene rings is 2. The Morgan fingerprint density at radius 3 is 2.44 bits per heavy atom. The number of hydrogen-bond donors (Lipinski definition) is 1. The van der Waals surface area contributed by atoms with Crippen LogP contribution in [0.5, 0.6) is 5.75 Å². The van der Waals surface area contributed by atoms with Crippen LogP contribution in [0.4, 0.5) is 0 Å². The maximum absolute atomic E-state index is 11.9. The normalized spacial score (nSPS) is 21.0. The summed E-state index contributed by atoms with van der Waals surface area (Å²) in [7, 11) is 5.87. The van der Waals surface area contributed by atoms with E-state index in [0.29, 0.717) is 11.5 Å². The standard InChI is InChI=1S/C23H29NO3/c1-24(2)22(16-9-5-4-6-10-16)19-12-8-7-11-18(19)21-15-17(27-3)13-14-20(21)23(25)26/h4-6,9-10,13-15,18-19,22H,7-8,11-12H2,1-3H3,(H,25,26).